The summed E-state index contributed by atoms with van der Waals surface area (Å²) in [6.07, 6.45) is 3.39. The molecular formula is C21H29NO7. The third-order valence-corrected chi connectivity index (χ3v) is 6.90. The maximum atomic E-state index is 9.91. The van der Waals surface area contributed by atoms with Crippen LogP contribution in [0.25, 0.3) is 0 Å². The lowest BCUT2D eigenvalue weighted by Gasteiger charge is -2.58. The van der Waals surface area contributed by atoms with Gasteiger partial charge >= 0.3 is 11.9 Å². The molecule has 29 heavy (non-hydrogen) atoms. The number of hydrogen-bond acceptors (Lipinski definition) is 6. The average Bonchev–Trinajstić information content (AvgIpc) is 2.70. The largest absolute Gasteiger partial charge is 0.508 e. The smallest absolute Gasteiger partial charge is 0.335 e. The van der Waals surface area contributed by atoms with Crippen molar-refractivity contribution in [1.29, 1.82) is 0 Å². The van der Waals surface area contributed by atoms with Gasteiger partial charge in [-0.05, 0) is 68.5 Å². The maximum absolute atomic E-state index is 9.91. The van der Waals surface area contributed by atoms with Gasteiger partial charge in [0.15, 0.2) is 12.2 Å². The fourth-order valence-corrected chi connectivity index (χ4v) is 5.45. The molecule has 2 bridgehead atoms. The van der Waals surface area contributed by atoms with E-state index < -0.39 is 24.1 Å². The van der Waals surface area contributed by atoms with Crippen LogP contribution >= 0.6 is 0 Å². The summed E-state index contributed by atoms with van der Waals surface area (Å²) >= 11 is 0. The Morgan fingerprint density at radius 2 is 1.76 bits per heavy atom. The van der Waals surface area contributed by atoms with Gasteiger partial charge in [-0.15, -0.1) is 0 Å². The molecule has 2 aliphatic carbocycles. The van der Waals surface area contributed by atoms with Crippen molar-refractivity contribution in [2.24, 2.45) is 5.92 Å². The summed E-state index contributed by atoms with van der Waals surface area (Å²) in [7, 11) is 2.30. The van der Waals surface area contributed by atoms with Crippen LogP contribution in [0, 0.1) is 5.92 Å². The topological polar surface area (TPSA) is 139 Å². The van der Waals surface area contributed by atoms with E-state index in [0.717, 1.165) is 12.0 Å². The zero-order chi connectivity index (χ0) is 21.3. The number of phenols is 1. The molecule has 1 aromatic carbocycles. The number of aliphatic hydroxyl groups is 2. The number of rotatable bonds is 3. The summed E-state index contributed by atoms with van der Waals surface area (Å²) in [6, 6.07) is 6.85. The third-order valence-electron chi connectivity index (χ3n) is 6.90. The number of piperidine rings is 1. The van der Waals surface area contributed by atoms with Crippen molar-refractivity contribution in [2.75, 3.05) is 13.6 Å². The molecule has 5 N–H and O–H groups in total. The summed E-state index contributed by atoms with van der Waals surface area (Å²) in [5, 5.41) is 42.4. The molecule has 1 saturated heterocycles. The quantitative estimate of drug-likeness (QED) is 0.499. The number of benzene rings is 1. The van der Waals surface area contributed by atoms with Crippen LogP contribution in [0.3, 0.4) is 0 Å². The van der Waals surface area contributed by atoms with E-state index in [1.807, 2.05) is 6.07 Å². The number of aliphatic carboxylic acids is 2. The van der Waals surface area contributed by atoms with E-state index in [1.54, 1.807) is 0 Å². The van der Waals surface area contributed by atoms with Crippen LogP contribution in [0.4, 0.5) is 0 Å². The highest BCUT2D eigenvalue weighted by Gasteiger charge is 2.53. The number of carboxylic acids is 2. The first-order chi connectivity index (χ1) is 13.7. The molecule has 1 heterocycles. The zero-order valence-electron chi connectivity index (χ0n) is 16.5. The number of phenolic OH excluding ortho intramolecular Hbond substituents is 1. The molecule has 1 aromatic rings. The van der Waals surface area contributed by atoms with E-state index in [9.17, 15) is 14.7 Å². The number of likely N-dealkylation sites (N-methyl/N-ethyl adjacent to an activating group) is 1. The van der Waals surface area contributed by atoms with Crippen molar-refractivity contribution < 1.29 is 35.1 Å². The molecule has 0 unspecified atom stereocenters. The Labute approximate surface area is 169 Å². The van der Waals surface area contributed by atoms with Crippen LogP contribution < -0.4 is 0 Å². The minimum absolute atomic E-state index is 0.377. The molecule has 0 spiro atoms. The van der Waals surface area contributed by atoms with Crippen molar-refractivity contribution in [3.05, 3.63) is 29.3 Å². The number of nitrogens with zero attached hydrogens (tertiary/aromatic N) is 1. The standard InChI is InChI=1S/C17H23NO.C4H6O6/c1-18-9-8-17-7-3-2-4-14(17)16(18)10-12-5-6-13(19)11-15(12)17;5-1(3(7)8)2(6)4(9)10/h5-6,11,14,16,19H,2-4,7-10H2,1H3;1-2,5-6H,(H,7,8)(H,9,10)/t14-,16+,17-;1-,2-/m11/s1. The SMILES string of the molecule is CN1CC[C@]23CCCC[C@@H]2[C@@H]1Cc1ccc(O)cc13.O=C(O)[C@H](O)[C@@H](O)C(=O)O. The van der Waals surface area contributed by atoms with Gasteiger partial charge in [0.25, 0.3) is 0 Å². The summed E-state index contributed by atoms with van der Waals surface area (Å²) in [6.45, 7) is 1.22. The van der Waals surface area contributed by atoms with Crippen molar-refractivity contribution >= 4 is 11.9 Å². The van der Waals surface area contributed by atoms with Gasteiger partial charge in [-0.2, -0.15) is 0 Å². The Morgan fingerprint density at radius 1 is 1.10 bits per heavy atom. The van der Waals surface area contributed by atoms with Gasteiger partial charge in [0.05, 0.1) is 0 Å². The van der Waals surface area contributed by atoms with Gasteiger partial charge in [0, 0.05) is 11.5 Å². The van der Waals surface area contributed by atoms with Crippen molar-refractivity contribution in [2.45, 2.75) is 62.2 Å². The average molecular weight is 407 g/mol. The van der Waals surface area contributed by atoms with Crippen LogP contribution in [0.1, 0.15) is 43.2 Å². The van der Waals surface area contributed by atoms with Gasteiger partial charge < -0.3 is 30.4 Å². The van der Waals surface area contributed by atoms with Gasteiger partial charge in [0.1, 0.15) is 5.75 Å². The number of carboxylic acid groups (broad SMARTS) is 2. The van der Waals surface area contributed by atoms with E-state index >= 15 is 0 Å². The maximum Gasteiger partial charge on any atom is 0.335 e. The highest BCUT2D eigenvalue weighted by atomic mass is 16.4. The number of fused-ring (bicyclic) bond motifs is 1. The Bertz CT molecular complexity index is 764. The molecule has 8 heteroatoms. The molecule has 5 atom stereocenters. The summed E-state index contributed by atoms with van der Waals surface area (Å²) in [5.41, 5.74) is 3.36. The van der Waals surface area contributed by atoms with E-state index in [2.05, 4.69) is 24.1 Å². The Hall–Kier alpha value is -2.16. The highest BCUT2D eigenvalue weighted by molar-refractivity contribution is 5.83. The number of carbonyl (C=O) groups is 2. The Kier molecular flexibility index (Phi) is 6.16. The lowest BCUT2D eigenvalue weighted by atomic mass is 9.52. The van der Waals surface area contributed by atoms with Crippen LogP contribution in [-0.4, -0.2) is 74.2 Å². The normalized spacial score (nSPS) is 30.0. The lowest BCUT2D eigenvalue weighted by Crippen LogP contribution is -2.59. The first-order valence-electron chi connectivity index (χ1n) is 10.0. The van der Waals surface area contributed by atoms with Crippen molar-refractivity contribution in [3.8, 4) is 5.75 Å². The predicted octanol–water partition coefficient (Wildman–Crippen LogP) is 0.958. The molecule has 4 rings (SSSR count). The van der Waals surface area contributed by atoms with Gasteiger partial charge in [-0.1, -0.05) is 18.9 Å². The zero-order valence-corrected chi connectivity index (χ0v) is 16.5. The molecule has 1 aliphatic heterocycles. The van der Waals surface area contributed by atoms with E-state index in [4.69, 9.17) is 20.4 Å². The van der Waals surface area contributed by atoms with Crippen LogP contribution in [0.2, 0.25) is 0 Å². The molecule has 2 fully saturated rings. The van der Waals surface area contributed by atoms with Crippen LogP contribution in [0.5, 0.6) is 5.75 Å². The molecule has 0 aromatic heterocycles. The van der Waals surface area contributed by atoms with Crippen LogP contribution in [0.15, 0.2) is 18.2 Å². The minimum Gasteiger partial charge on any atom is -0.508 e. The van der Waals surface area contributed by atoms with Gasteiger partial charge in [-0.25, -0.2) is 9.59 Å². The summed E-state index contributed by atoms with van der Waals surface area (Å²) < 4.78 is 0. The molecule has 8 nitrogen and oxygen atoms in total. The number of likely N-dealkylation sites (tertiary alicyclic amines) is 1. The van der Waals surface area contributed by atoms with E-state index in [-0.39, 0.29) is 0 Å². The molecule has 160 valence electrons. The second kappa shape index (κ2) is 8.30. The van der Waals surface area contributed by atoms with Crippen molar-refractivity contribution in [3.63, 3.8) is 0 Å². The monoisotopic (exact) mass is 407 g/mol. The molecular weight excluding hydrogens is 378 g/mol. The molecule has 0 radical (unpaired) electrons. The molecule has 1 saturated carbocycles. The summed E-state index contributed by atoms with van der Waals surface area (Å²) in [5.74, 6) is -2.27. The lowest BCUT2D eigenvalue weighted by molar-refractivity contribution is -0.165. The number of hydrogen-bond donors (Lipinski definition) is 5. The molecule has 3 aliphatic rings. The predicted molar refractivity (Wildman–Crippen MR) is 104 cm³/mol. The van der Waals surface area contributed by atoms with Crippen molar-refractivity contribution in [1.82, 2.24) is 4.90 Å². The third kappa shape index (κ3) is 3.97. The minimum atomic E-state index is -2.27. The van der Waals surface area contributed by atoms with Gasteiger partial charge in [-0.3, -0.25) is 0 Å². The fourth-order valence-electron chi connectivity index (χ4n) is 5.45. The number of aliphatic hydroxyl groups excluding tert-OH is 2. The second-order valence-corrected chi connectivity index (χ2v) is 8.42. The second-order valence-electron chi connectivity index (χ2n) is 8.42. The Balaban J connectivity index is 0.000000207. The molecule has 0 amide bonds. The van der Waals surface area contributed by atoms with E-state index in [1.165, 1.54) is 56.2 Å². The number of aromatic hydroxyl groups is 1. The summed E-state index contributed by atoms with van der Waals surface area (Å²) in [4.78, 5) is 22.1. The first-order valence-corrected chi connectivity index (χ1v) is 10.0. The van der Waals surface area contributed by atoms with E-state index in [0.29, 0.717) is 11.2 Å². The fraction of sp³-hybridized carbons (Fsp3) is 0.619. The highest BCUT2D eigenvalue weighted by Crippen LogP contribution is 2.55. The Morgan fingerprint density at radius 3 is 2.38 bits per heavy atom. The van der Waals surface area contributed by atoms with Gasteiger partial charge in [0.2, 0.25) is 0 Å². The first kappa shape index (κ1) is 21.5. The van der Waals surface area contributed by atoms with Crippen LogP contribution in [-0.2, 0) is 21.4 Å².